The molecule has 1 aliphatic heterocycles. The van der Waals surface area contributed by atoms with Gasteiger partial charge in [0.1, 0.15) is 18.2 Å². The molecule has 234 valence electrons. The summed E-state index contributed by atoms with van der Waals surface area (Å²) in [5, 5.41) is 11.9. The number of likely N-dealkylation sites (tertiary alicyclic amines) is 1. The lowest BCUT2D eigenvalue weighted by molar-refractivity contribution is -0.136. The summed E-state index contributed by atoms with van der Waals surface area (Å²) in [7, 11) is 0. The molecule has 6 rings (SSSR count). The van der Waals surface area contributed by atoms with Crippen LogP contribution < -0.4 is 11.1 Å². The number of nitrogens with one attached hydrogen (secondary N) is 1. The summed E-state index contributed by atoms with van der Waals surface area (Å²) in [5.41, 5.74) is 7.87. The molecule has 1 unspecified atom stereocenters. The number of ether oxygens (including phenoxy) is 1. The van der Waals surface area contributed by atoms with Crippen LogP contribution in [0.5, 0.6) is 0 Å². The second-order valence-electron chi connectivity index (χ2n) is 12.7. The molecule has 1 aromatic heterocycles. The van der Waals surface area contributed by atoms with Gasteiger partial charge in [0, 0.05) is 6.54 Å². The molecule has 45 heavy (non-hydrogen) atoms. The number of rotatable bonds is 13. The summed E-state index contributed by atoms with van der Waals surface area (Å²) >= 11 is 0. The number of nitrogens with zero attached hydrogens (tertiary/aromatic N) is 3. The van der Waals surface area contributed by atoms with Crippen LogP contribution in [0.1, 0.15) is 73.5 Å². The largest absolute Gasteiger partial charge is 0.445 e. The second-order valence-corrected chi connectivity index (χ2v) is 12.7. The average molecular weight is 608 g/mol. The third-order valence-electron chi connectivity index (χ3n) is 8.89. The summed E-state index contributed by atoms with van der Waals surface area (Å²) in [6.45, 7) is 2.46. The molecule has 0 spiro atoms. The Morgan fingerprint density at radius 1 is 1.00 bits per heavy atom. The van der Waals surface area contributed by atoms with Gasteiger partial charge in [0.15, 0.2) is 0 Å². The first kappa shape index (κ1) is 30.5. The number of hydrogen-bond donors (Lipinski definition) is 2. The molecule has 2 amide bonds. The van der Waals surface area contributed by atoms with Gasteiger partial charge in [-0.15, -0.1) is 10.2 Å². The fourth-order valence-corrected chi connectivity index (χ4v) is 6.27. The van der Waals surface area contributed by atoms with Crippen molar-refractivity contribution in [3.05, 3.63) is 119 Å². The van der Waals surface area contributed by atoms with Gasteiger partial charge in [0.05, 0.1) is 5.54 Å². The van der Waals surface area contributed by atoms with Gasteiger partial charge in [-0.2, -0.15) is 0 Å². The number of aromatic nitrogens is 2. The first-order chi connectivity index (χ1) is 21.8. The number of alkyl carbamates (subject to hydrolysis) is 1. The van der Waals surface area contributed by atoms with Crippen molar-refractivity contribution in [3.8, 4) is 0 Å². The van der Waals surface area contributed by atoms with E-state index < -0.39 is 23.2 Å². The zero-order valence-corrected chi connectivity index (χ0v) is 25.7. The molecule has 1 aliphatic carbocycles. The Bertz CT molecular complexity index is 1570. The molecule has 1 saturated heterocycles. The van der Waals surface area contributed by atoms with Gasteiger partial charge >= 0.3 is 6.09 Å². The van der Waals surface area contributed by atoms with E-state index in [9.17, 15) is 9.59 Å². The van der Waals surface area contributed by atoms with Crippen LogP contribution in [0.25, 0.3) is 0 Å². The number of carbonyl (C=O) groups excluding carboxylic acids is 2. The van der Waals surface area contributed by atoms with Gasteiger partial charge in [-0.1, -0.05) is 104 Å². The van der Waals surface area contributed by atoms with Gasteiger partial charge < -0.3 is 25.1 Å². The maximum atomic E-state index is 14.4. The van der Waals surface area contributed by atoms with Crippen molar-refractivity contribution in [2.75, 3.05) is 6.54 Å². The molecule has 3 atom stereocenters. The number of carbonyl (C=O) groups is 2. The van der Waals surface area contributed by atoms with Gasteiger partial charge in [0.2, 0.25) is 17.7 Å². The fraction of sp³-hybridized carbons (Fsp3) is 0.389. The highest BCUT2D eigenvalue weighted by Gasteiger charge is 2.53. The Morgan fingerprint density at radius 2 is 1.62 bits per heavy atom. The minimum atomic E-state index is -1.04. The SMILES string of the molecule is C[C@@](N)(Cc1ccccc1)c1nnc([C@H](CCc2ccccc2)N2CCC(CC3CC3)(NC(=O)OCc3ccccc3)C2=O)o1. The summed E-state index contributed by atoms with van der Waals surface area (Å²) in [5.74, 6) is 0.943. The third kappa shape index (κ3) is 7.42. The number of benzene rings is 3. The van der Waals surface area contributed by atoms with Crippen molar-refractivity contribution in [3.63, 3.8) is 0 Å². The first-order valence-electron chi connectivity index (χ1n) is 15.8. The van der Waals surface area contributed by atoms with Crippen LogP contribution in [0, 0.1) is 5.92 Å². The summed E-state index contributed by atoms with van der Waals surface area (Å²) in [6, 6.07) is 29.1. The standard InChI is InChI=1S/C36H41N5O4/c1-35(37,23-27-13-7-3-8-14-27)32-40-39-31(45-32)30(20-19-26-11-5-2-6-12-26)41-22-21-36(33(41)42,24-28-17-18-28)38-34(43)44-25-29-15-9-4-10-16-29/h2-16,28,30H,17-25,37H2,1H3,(H,38,43)/t30-,35+,36?/m0/s1. The normalized spacial score (nSPS) is 20.0. The molecule has 3 aromatic carbocycles. The average Bonchev–Trinajstić information content (AvgIpc) is 3.62. The monoisotopic (exact) mass is 607 g/mol. The molecule has 0 bridgehead atoms. The molecule has 9 heteroatoms. The maximum Gasteiger partial charge on any atom is 0.408 e. The van der Waals surface area contributed by atoms with Crippen LogP contribution in [0.3, 0.4) is 0 Å². The molecule has 4 aromatic rings. The van der Waals surface area contributed by atoms with Gasteiger partial charge in [0.25, 0.3) is 0 Å². The summed E-state index contributed by atoms with van der Waals surface area (Å²) in [4.78, 5) is 29.3. The molecular formula is C36H41N5O4. The highest BCUT2D eigenvalue weighted by atomic mass is 16.5. The molecule has 2 heterocycles. The lowest BCUT2D eigenvalue weighted by Crippen LogP contribution is -2.55. The molecule has 3 N–H and O–H groups in total. The lowest BCUT2D eigenvalue weighted by Gasteiger charge is -2.31. The van der Waals surface area contributed by atoms with E-state index in [0.717, 1.165) is 29.5 Å². The second kappa shape index (κ2) is 13.2. The highest BCUT2D eigenvalue weighted by Crippen LogP contribution is 2.43. The Hall–Kier alpha value is -4.50. The van der Waals surface area contributed by atoms with Gasteiger partial charge in [-0.25, -0.2) is 4.79 Å². The predicted octanol–water partition coefficient (Wildman–Crippen LogP) is 5.86. The van der Waals surface area contributed by atoms with Crippen LogP contribution >= 0.6 is 0 Å². The van der Waals surface area contributed by atoms with E-state index in [0.29, 0.717) is 56.3 Å². The Balaban J connectivity index is 1.23. The van der Waals surface area contributed by atoms with Crippen molar-refractivity contribution >= 4 is 12.0 Å². The minimum Gasteiger partial charge on any atom is -0.445 e. The van der Waals surface area contributed by atoms with Crippen molar-refractivity contribution in [1.82, 2.24) is 20.4 Å². The van der Waals surface area contributed by atoms with Crippen LogP contribution in [0.4, 0.5) is 4.79 Å². The maximum absolute atomic E-state index is 14.4. The third-order valence-corrected chi connectivity index (χ3v) is 8.89. The summed E-state index contributed by atoms with van der Waals surface area (Å²) < 4.78 is 11.9. The van der Waals surface area contributed by atoms with E-state index >= 15 is 0 Å². The van der Waals surface area contributed by atoms with E-state index in [4.69, 9.17) is 14.9 Å². The van der Waals surface area contributed by atoms with E-state index in [-0.39, 0.29) is 12.5 Å². The van der Waals surface area contributed by atoms with Crippen molar-refractivity contribution in [1.29, 1.82) is 0 Å². The van der Waals surface area contributed by atoms with Crippen LogP contribution in [0.2, 0.25) is 0 Å². The zero-order valence-electron chi connectivity index (χ0n) is 25.7. The topological polar surface area (TPSA) is 124 Å². The Morgan fingerprint density at radius 3 is 2.27 bits per heavy atom. The van der Waals surface area contributed by atoms with Crippen LogP contribution in [-0.4, -0.2) is 39.2 Å². The molecule has 2 aliphatic rings. The van der Waals surface area contributed by atoms with E-state index in [1.54, 1.807) is 0 Å². The van der Waals surface area contributed by atoms with Gasteiger partial charge in [-0.05, 0) is 61.6 Å². The number of nitrogens with two attached hydrogens (primary N) is 1. The zero-order chi connectivity index (χ0) is 31.3. The quantitative estimate of drug-likeness (QED) is 0.195. The van der Waals surface area contributed by atoms with Crippen molar-refractivity contribution in [2.45, 2.75) is 75.6 Å². The summed E-state index contributed by atoms with van der Waals surface area (Å²) in [6.07, 6.45) is 4.39. The van der Waals surface area contributed by atoms with E-state index in [2.05, 4.69) is 27.6 Å². The molecule has 9 nitrogen and oxygen atoms in total. The minimum absolute atomic E-state index is 0.134. The number of aryl methyl sites for hydroxylation is 1. The van der Waals surface area contributed by atoms with E-state index in [1.165, 1.54) is 0 Å². The molecular weight excluding hydrogens is 566 g/mol. The lowest BCUT2D eigenvalue weighted by atomic mass is 9.90. The smallest absolute Gasteiger partial charge is 0.408 e. The van der Waals surface area contributed by atoms with Crippen LogP contribution in [0.15, 0.2) is 95.4 Å². The molecule has 1 saturated carbocycles. The highest BCUT2D eigenvalue weighted by molar-refractivity contribution is 5.92. The predicted molar refractivity (Wildman–Crippen MR) is 170 cm³/mol. The number of amides is 2. The fourth-order valence-electron chi connectivity index (χ4n) is 6.27. The molecule has 0 radical (unpaired) electrons. The van der Waals surface area contributed by atoms with Crippen LogP contribution in [-0.2, 0) is 34.5 Å². The number of hydrogen-bond acceptors (Lipinski definition) is 7. The van der Waals surface area contributed by atoms with E-state index in [1.807, 2.05) is 90.7 Å². The van der Waals surface area contributed by atoms with Crippen molar-refractivity contribution < 1.29 is 18.7 Å². The Kier molecular flexibility index (Phi) is 8.98. The van der Waals surface area contributed by atoms with Gasteiger partial charge in [-0.3, -0.25) is 4.79 Å². The Labute approximate surface area is 264 Å². The molecule has 2 fully saturated rings. The first-order valence-corrected chi connectivity index (χ1v) is 15.8. The van der Waals surface area contributed by atoms with Crippen molar-refractivity contribution in [2.24, 2.45) is 11.7 Å².